The summed E-state index contributed by atoms with van der Waals surface area (Å²) in [6.45, 7) is 0.509. The molecule has 9 nitrogen and oxygen atoms in total. The highest BCUT2D eigenvalue weighted by atomic mass is 32.2. The van der Waals surface area contributed by atoms with Crippen LogP contribution in [0.5, 0.6) is 5.75 Å². The quantitative estimate of drug-likeness (QED) is 0.443. The first-order valence-electron chi connectivity index (χ1n) is 10.5. The molecular weight excluding hydrogens is 454 g/mol. The molecule has 1 aliphatic rings. The number of benzene rings is 2. The summed E-state index contributed by atoms with van der Waals surface area (Å²) in [5.41, 5.74) is 3.49. The number of pyridine rings is 1. The van der Waals surface area contributed by atoms with Gasteiger partial charge in [-0.1, -0.05) is 24.3 Å². The Balaban J connectivity index is 1.48. The third-order valence-corrected chi connectivity index (χ3v) is 6.91. The lowest BCUT2D eigenvalue weighted by molar-refractivity contribution is 0.0945. The second-order valence-corrected chi connectivity index (χ2v) is 9.36. The summed E-state index contributed by atoms with van der Waals surface area (Å²) < 4.78 is 36.2. The van der Waals surface area contributed by atoms with Crippen LogP contribution in [0.3, 0.4) is 0 Å². The number of hydrogen-bond donors (Lipinski definition) is 2. The highest BCUT2D eigenvalue weighted by Gasteiger charge is 2.23. The predicted molar refractivity (Wildman–Crippen MR) is 127 cm³/mol. The molecule has 4 aromatic rings. The van der Waals surface area contributed by atoms with Crippen LogP contribution in [0.15, 0.2) is 78.1 Å². The number of sulfonamides is 1. The van der Waals surface area contributed by atoms with E-state index >= 15 is 0 Å². The summed E-state index contributed by atoms with van der Waals surface area (Å²) in [6, 6.07) is 16.0. The summed E-state index contributed by atoms with van der Waals surface area (Å²) in [6.07, 6.45) is 5.51. The number of fused-ring (bicyclic) bond motifs is 1. The molecule has 0 unspecified atom stereocenters. The lowest BCUT2D eigenvalue weighted by Gasteiger charge is -2.17. The molecule has 1 aliphatic heterocycles. The molecule has 5 rings (SSSR count). The van der Waals surface area contributed by atoms with Gasteiger partial charge in [-0.05, 0) is 35.9 Å². The number of amides is 1. The SMILES string of the molecule is COc1ccc(-c2cnn(-c3ccccc3)c2)cc1S(=O)(=O)Nc1cnc2c(c1)C(=O)NCC2. The molecular formula is C24H21N5O4S. The Morgan fingerprint density at radius 2 is 1.88 bits per heavy atom. The fraction of sp³-hybridized carbons (Fsp3) is 0.125. The molecule has 0 bridgehead atoms. The van der Waals surface area contributed by atoms with Crippen molar-refractivity contribution in [1.29, 1.82) is 0 Å². The molecule has 0 fully saturated rings. The highest BCUT2D eigenvalue weighted by Crippen LogP contribution is 2.31. The molecule has 0 spiro atoms. The lowest BCUT2D eigenvalue weighted by Crippen LogP contribution is -2.32. The van der Waals surface area contributed by atoms with Gasteiger partial charge in [0, 0.05) is 24.7 Å². The molecule has 10 heteroatoms. The van der Waals surface area contributed by atoms with Crippen molar-refractivity contribution in [3.8, 4) is 22.6 Å². The van der Waals surface area contributed by atoms with E-state index in [0.717, 1.165) is 11.3 Å². The van der Waals surface area contributed by atoms with Crippen molar-refractivity contribution in [3.63, 3.8) is 0 Å². The summed E-state index contributed by atoms with van der Waals surface area (Å²) in [7, 11) is -2.64. The number of para-hydroxylation sites is 1. The molecule has 0 radical (unpaired) electrons. The number of rotatable bonds is 6. The fourth-order valence-corrected chi connectivity index (χ4v) is 5.03. The molecule has 2 N–H and O–H groups in total. The number of nitrogens with zero attached hydrogens (tertiary/aromatic N) is 3. The van der Waals surface area contributed by atoms with Crippen LogP contribution >= 0.6 is 0 Å². The van der Waals surface area contributed by atoms with E-state index in [1.165, 1.54) is 25.4 Å². The van der Waals surface area contributed by atoms with E-state index in [4.69, 9.17) is 4.74 Å². The molecule has 172 valence electrons. The number of aromatic nitrogens is 3. The third kappa shape index (κ3) is 4.11. The molecule has 0 saturated carbocycles. The van der Waals surface area contributed by atoms with Gasteiger partial charge in [-0.2, -0.15) is 5.10 Å². The third-order valence-electron chi connectivity index (χ3n) is 5.50. The Hall–Kier alpha value is -4.18. The summed E-state index contributed by atoms with van der Waals surface area (Å²) in [5, 5.41) is 7.12. The zero-order valence-corrected chi connectivity index (χ0v) is 19.0. The Bertz CT molecular complexity index is 1480. The predicted octanol–water partition coefficient (Wildman–Crippen LogP) is 3.03. The Kier molecular flexibility index (Phi) is 5.50. The molecule has 1 amide bonds. The van der Waals surface area contributed by atoms with E-state index in [-0.39, 0.29) is 22.2 Å². The van der Waals surface area contributed by atoms with Gasteiger partial charge < -0.3 is 10.1 Å². The van der Waals surface area contributed by atoms with Crippen molar-refractivity contribution < 1.29 is 17.9 Å². The summed E-state index contributed by atoms with van der Waals surface area (Å²) in [4.78, 5) is 16.3. The van der Waals surface area contributed by atoms with Crippen molar-refractivity contribution in [1.82, 2.24) is 20.1 Å². The zero-order valence-electron chi connectivity index (χ0n) is 18.2. The van der Waals surface area contributed by atoms with Crippen LogP contribution in [0.25, 0.3) is 16.8 Å². The largest absolute Gasteiger partial charge is 0.495 e. The van der Waals surface area contributed by atoms with E-state index < -0.39 is 10.0 Å². The van der Waals surface area contributed by atoms with Gasteiger partial charge in [0.1, 0.15) is 10.6 Å². The Morgan fingerprint density at radius 1 is 1.06 bits per heavy atom. The number of ether oxygens (including phenoxy) is 1. The summed E-state index contributed by atoms with van der Waals surface area (Å²) in [5.74, 6) is -0.0832. The number of nitrogens with one attached hydrogen (secondary N) is 2. The van der Waals surface area contributed by atoms with Gasteiger partial charge in [-0.3, -0.25) is 14.5 Å². The molecule has 2 aromatic heterocycles. The second kappa shape index (κ2) is 8.64. The van der Waals surface area contributed by atoms with Crippen molar-refractivity contribution in [2.24, 2.45) is 0 Å². The first-order chi connectivity index (χ1) is 16.4. The number of carbonyl (C=O) groups is 1. The van der Waals surface area contributed by atoms with Crippen molar-refractivity contribution in [2.45, 2.75) is 11.3 Å². The first kappa shape index (κ1) is 21.7. The van der Waals surface area contributed by atoms with Gasteiger partial charge in [0.2, 0.25) is 0 Å². The van der Waals surface area contributed by atoms with Gasteiger partial charge in [0.15, 0.2) is 0 Å². The zero-order chi connectivity index (χ0) is 23.7. The smallest absolute Gasteiger partial charge is 0.265 e. The monoisotopic (exact) mass is 475 g/mol. The number of methoxy groups -OCH3 is 1. The standard InChI is InChI=1S/C24H21N5O4S/c1-33-22-8-7-16(17-13-27-29(15-17)19-5-3-2-4-6-19)11-23(22)34(31,32)28-18-12-20-21(26-14-18)9-10-25-24(20)30/h2-8,11-15,28H,9-10H2,1H3,(H,25,30). The average molecular weight is 476 g/mol. The van der Waals surface area contributed by atoms with Crippen LogP contribution in [-0.2, 0) is 16.4 Å². The Labute approximate surface area is 196 Å². The van der Waals surface area contributed by atoms with Gasteiger partial charge >= 0.3 is 0 Å². The molecule has 34 heavy (non-hydrogen) atoms. The number of carbonyl (C=O) groups excluding carboxylic acids is 1. The van der Waals surface area contributed by atoms with E-state index in [2.05, 4.69) is 20.1 Å². The van der Waals surface area contributed by atoms with Crippen LogP contribution in [0.4, 0.5) is 5.69 Å². The summed E-state index contributed by atoms with van der Waals surface area (Å²) >= 11 is 0. The van der Waals surface area contributed by atoms with Gasteiger partial charge in [0.25, 0.3) is 15.9 Å². The van der Waals surface area contributed by atoms with Gasteiger partial charge in [0.05, 0.1) is 42.1 Å². The van der Waals surface area contributed by atoms with Gasteiger partial charge in [-0.15, -0.1) is 0 Å². The molecule has 0 saturated heterocycles. The topological polar surface area (TPSA) is 115 Å². The van der Waals surface area contributed by atoms with E-state index in [1.54, 1.807) is 23.0 Å². The van der Waals surface area contributed by atoms with Crippen molar-refractivity contribution in [2.75, 3.05) is 18.4 Å². The minimum atomic E-state index is -4.05. The van der Waals surface area contributed by atoms with E-state index in [9.17, 15) is 13.2 Å². The Morgan fingerprint density at radius 3 is 2.68 bits per heavy atom. The first-order valence-corrected chi connectivity index (χ1v) is 12.0. The highest BCUT2D eigenvalue weighted by molar-refractivity contribution is 7.92. The molecule has 0 atom stereocenters. The lowest BCUT2D eigenvalue weighted by atomic mass is 10.1. The average Bonchev–Trinajstić information content (AvgIpc) is 3.35. The number of hydrogen-bond acceptors (Lipinski definition) is 6. The molecule has 0 aliphatic carbocycles. The van der Waals surface area contributed by atoms with Crippen molar-refractivity contribution >= 4 is 21.6 Å². The van der Waals surface area contributed by atoms with Crippen molar-refractivity contribution in [3.05, 3.63) is 84.4 Å². The maximum Gasteiger partial charge on any atom is 0.265 e. The van der Waals surface area contributed by atoms with Crippen LogP contribution in [-0.4, -0.2) is 42.7 Å². The normalized spacial score (nSPS) is 13.1. The second-order valence-electron chi connectivity index (χ2n) is 7.70. The number of anilines is 1. The van der Waals surface area contributed by atoms with E-state index in [1.807, 2.05) is 36.5 Å². The minimum absolute atomic E-state index is 0.0397. The fourth-order valence-electron chi connectivity index (χ4n) is 3.80. The van der Waals surface area contributed by atoms with Crippen LogP contribution in [0, 0.1) is 0 Å². The maximum atomic E-state index is 13.3. The maximum absolute atomic E-state index is 13.3. The van der Waals surface area contributed by atoms with Crippen LogP contribution < -0.4 is 14.8 Å². The van der Waals surface area contributed by atoms with E-state index in [0.29, 0.717) is 29.8 Å². The molecule has 2 aromatic carbocycles. The minimum Gasteiger partial charge on any atom is -0.495 e. The van der Waals surface area contributed by atoms with Crippen LogP contribution in [0.2, 0.25) is 0 Å². The van der Waals surface area contributed by atoms with Crippen LogP contribution in [0.1, 0.15) is 16.1 Å². The molecule has 3 heterocycles. The van der Waals surface area contributed by atoms with Gasteiger partial charge in [-0.25, -0.2) is 13.1 Å².